The fourth-order valence-corrected chi connectivity index (χ4v) is 4.08. The molecule has 158 valence electrons. The summed E-state index contributed by atoms with van der Waals surface area (Å²) >= 11 is 0. The molecule has 0 spiro atoms. The van der Waals surface area contributed by atoms with Crippen molar-refractivity contribution in [2.24, 2.45) is 0 Å². The summed E-state index contributed by atoms with van der Waals surface area (Å²) in [6.45, 7) is 2.33. The van der Waals surface area contributed by atoms with Gasteiger partial charge in [0.1, 0.15) is 11.1 Å². The Hall–Kier alpha value is -2.89. The van der Waals surface area contributed by atoms with Gasteiger partial charge in [0, 0.05) is 31.0 Å². The highest BCUT2D eigenvalue weighted by Gasteiger charge is 2.27. The Balaban J connectivity index is 1.62. The van der Waals surface area contributed by atoms with Crippen LogP contribution in [0.5, 0.6) is 0 Å². The van der Waals surface area contributed by atoms with Crippen molar-refractivity contribution in [3.05, 3.63) is 69.1 Å². The molecule has 30 heavy (non-hydrogen) atoms. The Morgan fingerprint density at radius 2 is 1.63 bits per heavy atom. The number of aryl methyl sites for hydroxylation is 1. The first-order valence-electron chi connectivity index (χ1n) is 10.9. The number of hydrogen-bond acceptors (Lipinski definition) is 3. The number of carbonyl (C=O) groups excluding carboxylic acids is 2. The third-order valence-electron chi connectivity index (χ3n) is 6.14. The summed E-state index contributed by atoms with van der Waals surface area (Å²) in [7, 11) is 0. The van der Waals surface area contributed by atoms with Crippen LogP contribution in [0.25, 0.3) is 0 Å². The maximum atomic E-state index is 13.0. The average molecular weight is 408 g/mol. The Kier molecular flexibility index (Phi) is 6.02. The predicted octanol–water partition coefficient (Wildman–Crippen LogP) is 3.48. The van der Waals surface area contributed by atoms with E-state index in [1.807, 2.05) is 35.8 Å². The Morgan fingerprint density at radius 3 is 2.30 bits per heavy atom. The lowest BCUT2D eigenvalue weighted by molar-refractivity contribution is 0.0947. The van der Waals surface area contributed by atoms with Crippen molar-refractivity contribution in [3.8, 4) is 0 Å². The summed E-state index contributed by atoms with van der Waals surface area (Å²) in [4.78, 5) is 38.7. The smallest absolute Gasteiger partial charge is 0.257 e. The summed E-state index contributed by atoms with van der Waals surface area (Å²) in [6, 6.07) is 8.18. The second-order valence-electron chi connectivity index (χ2n) is 8.51. The lowest BCUT2D eigenvalue weighted by atomic mass is 9.95. The molecule has 0 unspecified atom stereocenters. The van der Waals surface area contributed by atoms with Gasteiger partial charge in [-0.2, -0.15) is 0 Å². The second-order valence-corrected chi connectivity index (χ2v) is 8.51. The summed E-state index contributed by atoms with van der Waals surface area (Å²) < 4.78 is 1.92. The fourth-order valence-electron chi connectivity index (χ4n) is 4.08. The zero-order valence-electron chi connectivity index (χ0n) is 17.4. The topological polar surface area (TPSA) is 80.2 Å². The van der Waals surface area contributed by atoms with Crippen molar-refractivity contribution in [1.82, 2.24) is 15.2 Å². The van der Waals surface area contributed by atoms with E-state index in [9.17, 15) is 14.4 Å². The van der Waals surface area contributed by atoms with Crippen molar-refractivity contribution >= 4 is 11.8 Å². The van der Waals surface area contributed by atoms with Crippen LogP contribution in [-0.4, -0.2) is 22.4 Å². The molecule has 0 saturated heterocycles. The van der Waals surface area contributed by atoms with E-state index in [0.717, 1.165) is 49.7 Å². The Bertz CT molecular complexity index is 1000. The molecule has 0 radical (unpaired) electrons. The first kappa shape index (κ1) is 20.4. The third kappa shape index (κ3) is 4.64. The summed E-state index contributed by atoms with van der Waals surface area (Å²) in [5.74, 6) is -0.811. The standard InChI is InChI=1S/C24H29N3O3/c1-16-7-5-6-8-17(16)13-25-23(29)20-14-27(19-9-3-2-4-10-19)15-21(22(20)28)24(30)26-18-11-12-18/h5-8,14-15,18-19H,2-4,9-13H2,1H3,(H,25,29)(H,26,30). The molecule has 2 aliphatic rings. The number of rotatable bonds is 6. The predicted molar refractivity (Wildman–Crippen MR) is 116 cm³/mol. The van der Waals surface area contributed by atoms with Crippen LogP contribution in [0.2, 0.25) is 0 Å². The minimum Gasteiger partial charge on any atom is -0.349 e. The number of benzene rings is 1. The van der Waals surface area contributed by atoms with Crippen molar-refractivity contribution < 1.29 is 9.59 Å². The van der Waals surface area contributed by atoms with E-state index in [1.165, 1.54) is 6.42 Å². The highest BCUT2D eigenvalue weighted by molar-refractivity contribution is 5.99. The van der Waals surface area contributed by atoms with Gasteiger partial charge in [-0.05, 0) is 43.7 Å². The molecule has 4 rings (SSSR count). The normalized spacial score (nSPS) is 16.8. The molecule has 2 N–H and O–H groups in total. The molecule has 6 nitrogen and oxygen atoms in total. The molecule has 1 heterocycles. The summed E-state index contributed by atoms with van der Waals surface area (Å²) in [6.07, 6.45) is 10.6. The summed E-state index contributed by atoms with van der Waals surface area (Å²) in [5, 5.41) is 5.75. The zero-order valence-corrected chi connectivity index (χ0v) is 17.4. The van der Waals surface area contributed by atoms with Crippen LogP contribution in [0.15, 0.2) is 41.5 Å². The van der Waals surface area contributed by atoms with E-state index in [2.05, 4.69) is 10.6 Å². The van der Waals surface area contributed by atoms with Crippen LogP contribution in [0.3, 0.4) is 0 Å². The fraction of sp³-hybridized carbons (Fsp3) is 0.458. The van der Waals surface area contributed by atoms with E-state index in [0.29, 0.717) is 6.54 Å². The quantitative estimate of drug-likeness (QED) is 0.769. The van der Waals surface area contributed by atoms with Gasteiger partial charge in [0.05, 0.1) is 0 Å². The minimum atomic E-state index is -0.498. The van der Waals surface area contributed by atoms with Crippen molar-refractivity contribution in [2.75, 3.05) is 0 Å². The van der Waals surface area contributed by atoms with Crippen molar-refractivity contribution in [1.29, 1.82) is 0 Å². The summed E-state index contributed by atoms with van der Waals surface area (Å²) in [5.41, 5.74) is 1.69. The molecule has 1 aromatic heterocycles. The number of pyridine rings is 1. The van der Waals surface area contributed by atoms with Crippen molar-refractivity contribution in [3.63, 3.8) is 0 Å². The van der Waals surface area contributed by atoms with Crippen LogP contribution in [-0.2, 0) is 6.54 Å². The molecule has 0 aliphatic heterocycles. The maximum Gasteiger partial charge on any atom is 0.257 e. The van der Waals surface area contributed by atoms with Gasteiger partial charge in [-0.25, -0.2) is 0 Å². The Labute approximate surface area is 176 Å². The van der Waals surface area contributed by atoms with Crippen LogP contribution < -0.4 is 16.1 Å². The number of amides is 2. The monoisotopic (exact) mass is 407 g/mol. The minimum absolute atomic E-state index is 0.0394. The molecular formula is C24H29N3O3. The zero-order chi connectivity index (χ0) is 21.1. The molecule has 2 amide bonds. The van der Waals surface area contributed by atoms with E-state index >= 15 is 0 Å². The van der Waals surface area contributed by atoms with Crippen LogP contribution in [0.1, 0.15) is 82.8 Å². The number of nitrogens with zero attached hydrogens (tertiary/aromatic N) is 1. The molecule has 2 saturated carbocycles. The molecule has 2 fully saturated rings. The third-order valence-corrected chi connectivity index (χ3v) is 6.14. The lowest BCUT2D eigenvalue weighted by Crippen LogP contribution is -2.36. The van der Waals surface area contributed by atoms with Gasteiger partial charge in [0.25, 0.3) is 11.8 Å². The van der Waals surface area contributed by atoms with Crippen LogP contribution in [0, 0.1) is 6.92 Å². The van der Waals surface area contributed by atoms with E-state index in [1.54, 1.807) is 12.4 Å². The maximum absolute atomic E-state index is 13.0. The number of carbonyl (C=O) groups is 2. The molecule has 2 aromatic rings. The van der Waals surface area contributed by atoms with Gasteiger partial charge in [-0.1, -0.05) is 43.5 Å². The first-order valence-corrected chi connectivity index (χ1v) is 10.9. The second kappa shape index (κ2) is 8.86. The van der Waals surface area contributed by atoms with Gasteiger partial charge in [0.15, 0.2) is 0 Å². The van der Waals surface area contributed by atoms with Crippen LogP contribution >= 0.6 is 0 Å². The molecule has 0 bridgehead atoms. The van der Waals surface area contributed by atoms with Gasteiger partial charge >= 0.3 is 0 Å². The highest BCUT2D eigenvalue weighted by Crippen LogP contribution is 2.28. The van der Waals surface area contributed by atoms with Gasteiger partial charge in [0.2, 0.25) is 5.43 Å². The molecule has 6 heteroatoms. The van der Waals surface area contributed by atoms with E-state index in [-0.39, 0.29) is 29.1 Å². The lowest BCUT2D eigenvalue weighted by Gasteiger charge is -2.25. The largest absolute Gasteiger partial charge is 0.349 e. The SMILES string of the molecule is Cc1ccccc1CNC(=O)c1cn(C2CCCCC2)cc(C(=O)NC2CC2)c1=O. The van der Waals surface area contributed by atoms with E-state index < -0.39 is 11.3 Å². The molecule has 1 aromatic carbocycles. The van der Waals surface area contributed by atoms with Gasteiger partial charge < -0.3 is 15.2 Å². The van der Waals surface area contributed by atoms with Crippen LogP contribution in [0.4, 0.5) is 0 Å². The number of nitrogens with one attached hydrogen (secondary N) is 2. The number of aromatic nitrogens is 1. The number of hydrogen-bond donors (Lipinski definition) is 2. The molecular weight excluding hydrogens is 378 g/mol. The van der Waals surface area contributed by atoms with Gasteiger partial charge in [-0.3, -0.25) is 14.4 Å². The Morgan fingerprint density at radius 1 is 0.967 bits per heavy atom. The van der Waals surface area contributed by atoms with Gasteiger partial charge in [-0.15, -0.1) is 0 Å². The highest BCUT2D eigenvalue weighted by atomic mass is 16.2. The first-order chi connectivity index (χ1) is 14.5. The van der Waals surface area contributed by atoms with Crippen molar-refractivity contribution in [2.45, 2.75) is 70.5 Å². The van der Waals surface area contributed by atoms with E-state index in [4.69, 9.17) is 0 Å². The molecule has 2 aliphatic carbocycles. The molecule has 0 atom stereocenters. The average Bonchev–Trinajstić information content (AvgIpc) is 3.57.